The smallest absolute Gasteiger partial charge is 0.244 e. The van der Waals surface area contributed by atoms with Gasteiger partial charge in [0.05, 0.1) is 6.20 Å². The first-order chi connectivity index (χ1) is 10.2. The minimum absolute atomic E-state index is 0.0665. The number of rotatable bonds is 6. The molecule has 2 aromatic rings. The summed E-state index contributed by atoms with van der Waals surface area (Å²) in [5.41, 5.74) is 2.02. The molecule has 2 rings (SSSR count). The number of hydrogen-bond donors (Lipinski definition) is 1. The minimum Gasteiger partial charge on any atom is -0.337 e. The Hall–Kier alpha value is -2.14. The Labute approximate surface area is 125 Å². The molecule has 21 heavy (non-hydrogen) atoms. The van der Waals surface area contributed by atoms with E-state index in [-0.39, 0.29) is 11.9 Å². The van der Waals surface area contributed by atoms with E-state index in [1.54, 1.807) is 17.9 Å². The van der Waals surface area contributed by atoms with Crippen LogP contribution >= 0.6 is 0 Å². The molecule has 5 nitrogen and oxygen atoms in total. The van der Waals surface area contributed by atoms with Crippen molar-refractivity contribution in [3.8, 4) is 0 Å². The number of benzene rings is 1. The molecule has 1 aromatic heterocycles. The number of hydrogen-bond acceptors (Lipinski definition) is 3. The van der Waals surface area contributed by atoms with Crippen LogP contribution in [0.5, 0.6) is 0 Å². The zero-order valence-corrected chi connectivity index (χ0v) is 12.8. The van der Waals surface area contributed by atoms with Crippen molar-refractivity contribution in [1.82, 2.24) is 20.0 Å². The largest absolute Gasteiger partial charge is 0.337 e. The lowest BCUT2D eigenvalue weighted by Gasteiger charge is -2.25. The third kappa shape index (κ3) is 3.70. The maximum atomic E-state index is 12.7. The molecule has 1 unspecified atom stereocenters. The number of likely N-dealkylation sites (N-methyl/N-ethyl adjacent to an activating group) is 2. The lowest BCUT2D eigenvalue weighted by atomic mass is 10.1. The molecular weight excluding hydrogens is 264 g/mol. The maximum absolute atomic E-state index is 12.7. The quantitative estimate of drug-likeness (QED) is 0.880. The lowest BCUT2D eigenvalue weighted by molar-refractivity contribution is -0.133. The summed E-state index contributed by atoms with van der Waals surface area (Å²) >= 11 is 0. The van der Waals surface area contributed by atoms with E-state index in [0.29, 0.717) is 13.1 Å². The SMILES string of the molecule is CCN(Cc1ccccc1)C(=O)C(NC)c1cnn(C)c1. The molecule has 112 valence electrons. The van der Waals surface area contributed by atoms with Crippen LogP contribution < -0.4 is 5.32 Å². The van der Waals surface area contributed by atoms with Crippen LogP contribution in [0.2, 0.25) is 0 Å². The summed E-state index contributed by atoms with van der Waals surface area (Å²) in [6.07, 6.45) is 3.60. The molecule has 1 atom stereocenters. The molecule has 0 aliphatic heterocycles. The topological polar surface area (TPSA) is 50.2 Å². The van der Waals surface area contributed by atoms with Crippen molar-refractivity contribution in [2.45, 2.75) is 19.5 Å². The summed E-state index contributed by atoms with van der Waals surface area (Å²) < 4.78 is 1.71. The lowest BCUT2D eigenvalue weighted by Crippen LogP contribution is -2.39. The van der Waals surface area contributed by atoms with Crippen molar-refractivity contribution in [3.63, 3.8) is 0 Å². The van der Waals surface area contributed by atoms with Crippen LogP contribution in [0.15, 0.2) is 42.7 Å². The van der Waals surface area contributed by atoms with E-state index in [2.05, 4.69) is 10.4 Å². The fourth-order valence-corrected chi connectivity index (χ4v) is 2.35. The number of aromatic nitrogens is 2. The third-order valence-electron chi connectivity index (χ3n) is 3.50. The van der Waals surface area contributed by atoms with Gasteiger partial charge in [0.25, 0.3) is 0 Å². The molecule has 0 aliphatic carbocycles. The Morgan fingerprint density at radius 1 is 1.38 bits per heavy atom. The number of nitrogens with one attached hydrogen (secondary N) is 1. The van der Waals surface area contributed by atoms with E-state index >= 15 is 0 Å². The fraction of sp³-hybridized carbons (Fsp3) is 0.375. The van der Waals surface area contributed by atoms with E-state index < -0.39 is 0 Å². The minimum atomic E-state index is -0.359. The van der Waals surface area contributed by atoms with Crippen LogP contribution in [-0.4, -0.2) is 34.2 Å². The highest BCUT2D eigenvalue weighted by atomic mass is 16.2. The molecule has 0 bridgehead atoms. The van der Waals surface area contributed by atoms with E-state index in [4.69, 9.17) is 0 Å². The van der Waals surface area contributed by atoms with Gasteiger partial charge in [-0.15, -0.1) is 0 Å². The Morgan fingerprint density at radius 2 is 2.10 bits per heavy atom. The summed E-state index contributed by atoms with van der Waals surface area (Å²) in [6, 6.07) is 9.67. The highest BCUT2D eigenvalue weighted by Gasteiger charge is 2.24. The number of amides is 1. The molecule has 0 fully saturated rings. The number of carbonyl (C=O) groups excluding carboxylic acids is 1. The van der Waals surface area contributed by atoms with Crippen molar-refractivity contribution >= 4 is 5.91 Å². The van der Waals surface area contributed by atoms with Gasteiger partial charge in [-0.05, 0) is 19.5 Å². The molecule has 5 heteroatoms. The Bertz CT molecular complexity index is 579. The second kappa shape index (κ2) is 7.04. The van der Waals surface area contributed by atoms with Crippen molar-refractivity contribution in [3.05, 3.63) is 53.9 Å². The standard InChI is InChI=1S/C16H22N4O/c1-4-20(11-13-8-6-5-7-9-13)16(21)15(17-2)14-10-18-19(3)12-14/h5-10,12,15,17H,4,11H2,1-3H3. The molecule has 0 saturated carbocycles. The zero-order chi connectivity index (χ0) is 15.2. The van der Waals surface area contributed by atoms with Gasteiger partial charge in [0.2, 0.25) is 5.91 Å². The molecular formula is C16H22N4O. The van der Waals surface area contributed by atoms with Crippen molar-refractivity contribution in [2.75, 3.05) is 13.6 Å². The van der Waals surface area contributed by atoms with Gasteiger partial charge in [0.1, 0.15) is 6.04 Å². The summed E-state index contributed by atoms with van der Waals surface area (Å²) in [5, 5.41) is 7.23. The average Bonchev–Trinajstić information content (AvgIpc) is 2.92. The van der Waals surface area contributed by atoms with Crippen molar-refractivity contribution in [2.24, 2.45) is 7.05 Å². The zero-order valence-electron chi connectivity index (χ0n) is 12.8. The highest BCUT2D eigenvalue weighted by Crippen LogP contribution is 2.16. The van der Waals surface area contributed by atoms with Gasteiger partial charge in [0.15, 0.2) is 0 Å². The molecule has 0 aliphatic rings. The molecule has 1 amide bonds. The first kappa shape index (κ1) is 15.3. The van der Waals surface area contributed by atoms with Gasteiger partial charge in [-0.3, -0.25) is 9.48 Å². The predicted octanol–water partition coefficient (Wildman–Crippen LogP) is 1.73. The second-order valence-corrected chi connectivity index (χ2v) is 5.01. The summed E-state index contributed by atoms with van der Waals surface area (Å²) in [4.78, 5) is 14.6. The maximum Gasteiger partial charge on any atom is 0.244 e. The Kier molecular flexibility index (Phi) is 5.11. The van der Waals surface area contributed by atoms with E-state index in [0.717, 1.165) is 11.1 Å². The molecule has 0 saturated heterocycles. The first-order valence-corrected chi connectivity index (χ1v) is 7.14. The Balaban J connectivity index is 2.14. The summed E-state index contributed by atoms with van der Waals surface area (Å²) in [7, 11) is 3.65. The number of carbonyl (C=O) groups is 1. The normalized spacial score (nSPS) is 12.1. The van der Waals surface area contributed by atoms with Gasteiger partial charge < -0.3 is 10.2 Å². The van der Waals surface area contributed by atoms with Crippen LogP contribution in [0.25, 0.3) is 0 Å². The molecule has 0 spiro atoms. The fourth-order valence-electron chi connectivity index (χ4n) is 2.35. The monoisotopic (exact) mass is 286 g/mol. The first-order valence-electron chi connectivity index (χ1n) is 7.14. The summed E-state index contributed by atoms with van der Waals surface area (Å²) in [5.74, 6) is 0.0665. The molecule has 1 heterocycles. The number of nitrogens with zero attached hydrogens (tertiary/aromatic N) is 3. The van der Waals surface area contributed by atoms with Crippen LogP contribution in [0.3, 0.4) is 0 Å². The van der Waals surface area contributed by atoms with Gasteiger partial charge in [0, 0.05) is 31.9 Å². The second-order valence-electron chi connectivity index (χ2n) is 5.01. The van der Waals surface area contributed by atoms with Crippen LogP contribution in [0, 0.1) is 0 Å². The third-order valence-corrected chi connectivity index (χ3v) is 3.50. The highest BCUT2D eigenvalue weighted by molar-refractivity contribution is 5.83. The number of aryl methyl sites for hydroxylation is 1. The van der Waals surface area contributed by atoms with Crippen LogP contribution in [0.1, 0.15) is 24.1 Å². The van der Waals surface area contributed by atoms with Crippen LogP contribution in [0.4, 0.5) is 0 Å². The van der Waals surface area contributed by atoms with E-state index in [9.17, 15) is 4.79 Å². The van der Waals surface area contributed by atoms with Gasteiger partial charge in [-0.25, -0.2) is 0 Å². The van der Waals surface area contributed by atoms with Crippen molar-refractivity contribution < 1.29 is 4.79 Å². The van der Waals surface area contributed by atoms with Gasteiger partial charge in [-0.1, -0.05) is 30.3 Å². The molecule has 1 N–H and O–H groups in total. The van der Waals surface area contributed by atoms with Gasteiger partial charge >= 0.3 is 0 Å². The predicted molar refractivity (Wildman–Crippen MR) is 82.5 cm³/mol. The van der Waals surface area contributed by atoms with E-state index in [1.807, 2.05) is 55.4 Å². The van der Waals surface area contributed by atoms with E-state index in [1.165, 1.54) is 0 Å². The van der Waals surface area contributed by atoms with Gasteiger partial charge in [-0.2, -0.15) is 5.10 Å². The summed E-state index contributed by atoms with van der Waals surface area (Å²) in [6.45, 7) is 3.29. The van der Waals surface area contributed by atoms with Crippen molar-refractivity contribution in [1.29, 1.82) is 0 Å². The van der Waals surface area contributed by atoms with Crippen LogP contribution in [-0.2, 0) is 18.4 Å². The average molecular weight is 286 g/mol. The molecule has 1 aromatic carbocycles. The Morgan fingerprint density at radius 3 is 2.62 bits per heavy atom. The molecule has 0 radical (unpaired) electrons.